The van der Waals surface area contributed by atoms with Gasteiger partial charge in [0.1, 0.15) is 9.57 Å². The molecule has 1 unspecified atom stereocenters. The standard InChI is InChI=1S/C15H15NO2S2/c1-16(2)15(19)20-13(14(17)18)12-8-7-10-5-3-4-6-11(10)9-12/h3-9,13H,1-2H3,(H,17,18). The second-order valence-electron chi connectivity index (χ2n) is 4.60. The van der Waals surface area contributed by atoms with Gasteiger partial charge < -0.3 is 10.0 Å². The zero-order chi connectivity index (χ0) is 14.7. The molecule has 0 aromatic heterocycles. The van der Waals surface area contributed by atoms with Crippen molar-refractivity contribution in [3.63, 3.8) is 0 Å². The van der Waals surface area contributed by atoms with Gasteiger partial charge >= 0.3 is 5.97 Å². The third-order valence-electron chi connectivity index (χ3n) is 2.88. The number of nitrogens with zero attached hydrogens (tertiary/aromatic N) is 1. The van der Waals surface area contributed by atoms with Crippen molar-refractivity contribution in [2.24, 2.45) is 0 Å². The van der Waals surface area contributed by atoms with Gasteiger partial charge in [-0.05, 0) is 22.4 Å². The van der Waals surface area contributed by atoms with E-state index in [0.29, 0.717) is 4.32 Å². The van der Waals surface area contributed by atoms with Crippen LogP contribution in [0.25, 0.3) is 10.8 Å². The Hall–Kier alpha value is -1.59. The molecule has 1 atom stereocenters. The summed E-state index contributed by atoms with van der Waals surface area (Å²) >= 11 is 6.38. The molecule has 0 saturated carbocycles. The summed E-state index contributed by atoms with van der Waals surface area (Å²) in [5, 5.41) is 10.9. The van der Waals surface area contributed by atoms with Crippen LogP contribution in [-0.4, -0.2) is 34.4 Å². The quantitative estimate of drug-likeness (QED) is 0.878. The molecule has 1 N–H and O–H groups in total. The van der Waals surface area contributed by atoms with Crippen LogP contribution in [0.4, 0.5) is 0 Å². The van der Waals surface area contributed by atoms with Gasteiger partial charge in [0.05, 0.1) is 0 Å². The van der Waals surface area contributed by atoms with E-state index in [1.165, 1.54) is 11.8 Å². The van der Waals surface area contributed by atoms with E-state index >= 15 is 0 Å². The molecule has 0 bridgehead atoms. The maximum atomic E-state index is 11.5. The van der Waals surface area contributed by atoms with Crippen molar-refractivity contribution in [2.75, 3.05) is 14.1 Å². The van der Waals surface area contributed by atoms with Crippen molar-refractivity contribution in [3.05, 3.63) is 48.0 Å². The predicted molar refractivity (Wildman–Crippen MR) is 88.2 cm³/mol. The minimum Gasteiger partial charge on any atom is -0.480 e. The molecule has 0 radical (unpaired) electrons. The summed E-state index contributed by atoms with van der Waals surface area (Å²) in [4.78, 5) is 13.2. The van der Waals surface area contributed by atoms with Crippen molar-refractivity contribution in [1.82, 2.24) is 4.90 Å². The zero-order valence-electron chi connectivity index (χ0n) is 11.2. The van der Waals surface area contributed by atoms with Crippen LogP contribution in [0.2, 0.25) is 0 Å². The van der Waals surface area contributed by atoms with E-state index in [0.717, 1.165) is 16.3 Å². The molecule has 0 aliphatic rings. The third kappa shape index (κ3) is 3.29. The summed E-state index contributed by atoms with van der Waals surface area (Å²) in [7, 11) is 3.63. The highest BCUT2D eigenvalue weighted by Gasteiger charge is 2.23. The first-order chi connectivity index (χ1) is 9.49. The summed E-state index contributed by atoms with van der Waals surface area (Å²) in [5.74, 6) is -0.880. The number of hydrogen-bond donors (Lipinski definition) is 1. The highest BCUT2D eigenvalue weighted by atomic mass is 32.2. The molecule has 2 aromatic rings. The van der Waals surface area contributed by atoms with E-state index in [1.807, 2.05) is 56.6 Å². The molecule has 0 aliphatic heterocycles. The molecule has 3 nitrogen and oxygen atoms in total. The monoisotopic (exact) mass is 305 g/mol. The Balaban J connectivity index is 2.36. The van der Waals surface area contributed by atoms with Gasteiger partial charge in [0.25, 0.3) is 0 Å². The lowest BCUT2D eigenvalue weighted by Crippen LogP contribution is -2.20. The number of rotatable bonds is 3. The molecular formula is C15H15NO2S2. The summed E-state index contributed by atoms with van der Waals surface area (Å²) in [6.45, 7) is 0. The number of thioether (sulfide) groups is 1. The predicted octanol–water partition coefficient (Wildman–Crippen LogP) is 3.55. The lowest BCUT2D eigenvalue weighted by Gasteiger charge is -2.18. The van der Waals surface area contributed by atoms with E-state index in [-0.39, 0.29) is 0 Å². The molecule has 2 rings (SSSR count). The Morgan fingerprint density at radius 2 is 1.85 bits per heavy atom. The van der Waals surface area contributed by atoms with Crippen molar-refractivity contribution in [3.8, 4) is 0 Å². The van der Waals surface area contributed by atoms with E-state index in [1.54, 1.807) is 4.90 Å². The fourth-order valence-corrected chi connectivity index (χ4v) is 2.92. The van der Waals surface area contributed by atoms with Gasteiger partial charge in [-0.3, -0.25) is 4.79 Å². The number of thiocarbonyl (C=S) groups is 1. The molecule has 0 heterocycles. The summed E-state index contributed by atoms with van der Waals surface area (Å²) in [5.41, 5.74) is 0.755. The second kappa shape index (κ2) is 6.24. The summed E-state index contributed by atoms with van der Waals surface area (Å²) in [6.07, 6.45) is 0. The Labute approximate surface area is 127 Å². The lowest BCUT2D eigenvalue weighted by atomic mass is 10.1. The van der Waals surface area contributed by atoms with E-state index < -0.39 is 11.2 Å². The summed E-state index contributed by atoms with van der Waals surface area (Å²) < 4.78 is 0.561. The van der Waals surface area contributed by atoms with Crippen molar-refractivity contribution < 1.29 is 9.90 Å². The normalized spacial score (nSPS) is 12.1. The van der Waals surface area contributed by atoms with E-state index in [4.69, 9.17) is 12.2 Å². The van der Waals surface area contributed by atoms with Crippen molar-refractivity contribution in [2.45, 2.75) is 5.25 Å². The highest BCUT2D eigenvalue weighted by Crippen LogP contribution is 2.32. The Morgan fingerprint density at radius 3 is 2.45 bits per heavy atom. The van der Waals surface area contributed by atoms with Crippen LogP contribution in [0.5, 0.6) is 0 Å². The molecule has 0 saturated heterocycles. The van der Waals surface area contributed by atoms with Gasteiger partial charge in [0.2, 0.25) is 0 Å². The zero-order valence-corrected chi connectivity index (χ0v) is 12.9. The average Bonchev–Trinajstić information content (AvgIpc) is 2.43. The highest BCUT2D eigenvalue weighted by molar-refractivity contribution is 8.23. The molecule has 2 aromatic carbocycles. The van der Waals surface area contributed by atoms with Crippen LogP contribution >= 0.6 is 24.0 Å². The van der Waals surface area contributed by atoms with Crippen LogP contribution in [0.3, 0.4) is 0 Å². The molecule has 0 spiro atoms. The Bertz CT molecular complexity index is 655. The Morgan fingerprint density at radius 1 is 1.20 bits per heavy atom. The molecule has 0 fully saturated rings. The van der Waals surface area contributed by atoms with Gasteiger partial charge in [-0.25, -0.2) is 0 Å². The molecule has 0 amide bonds. The molecule has 104 valence electrons. The maximum absolute atomic E-state index is 11.5. The van der Waals surface area contributed by atoms with Gasteiger partial charge in [-0.2, -0.15) is 0 Å². The van der Waals surface area contributed by atoms with Gasteiger partial charge in [-0.1, -0.05) is 60.4 Å². The minimum absolute atomic E-state index is 0.561. The van der Waals surface area contributed by atoms with Crippen molar-refractivity contribution in [1.29, 1.82) is 0 Å². The topological polar surface area (TPSA) is 40.5 Å². The van der Waals surface area contributed by atoms with E-state index in [2.05, 4.69) is 0 Å². The first-order valence-corrected chi connectivity index (χ1v) is 7.37. The number of carbonyl (C=O) groups is 1. The smallest absolute Gasteiger partial charge is 0.321 e. The van der Waals surface area contributed by atoms with Crippen LogP contribution in [0.1, 0.15) is 10.8 Å². The van der Waals surface area contributed by atoms with Crippen LogP contribution in [-0.2, 0) is 4.79 Å². The van der Waals surface area contributed by atoms with Crippen molar-refractivity contribution >= 4 is 45.0 Å². The number of hydrogen-bond acceptors (Lipinski definition) is 3. The number of carboxylic acids is 1. The number of carboxylic acid groups (broad SMARTS) is 1. The fraction of sp³-hybridized carbons (Fsp3) is 0.200. The number of benzene rings is 2. The van der Waals surface area contributed by atoms with Gasteiger partial charge in [0.15, 0.2) is 0 Å². The lowest BCUT2D eigenvalue weighted by molar-refractivity contribution is -0.136. The number of aliphatic carboxylic acids is 1. The maximum Gasteiger partial charge on any atom is 0.321 e. The van der Waals surface area contributed by atoms with Crippen LogP contribution in [0.15, 0.2) is 42.5 Å². The molecule has 5 heteroatoms. The van der Waals surface area contributed by atoms with Gasteiger partial charge in [0, 0.05) is 14.1 Å². The first-order valence-electron chi connectivity index (χ1n) is 6.08. The third-order valence-corrected chi connectivity index (χ3v) is 4.81. The molecule has 20 heavy (non-hydrogen) atoms. The fourth-order valence-electron chi connectivity index (χ4n) is 1.84. The minimum atomic E-state index is -0.880. The SMILES string of the molecule is CN(C)C(=S)SC(C(=O)O)c1ccc2ccccc2c1. The van der Waals surface area contributed by atoms with E-state index in [9.17, 15) is 9.90 Å². The molecule has 0 aliphatic carbocycles. The summed E-state index contributed by atoms with van der Waals surface area (Å²) in [6, 6.07) is 13.6. The van der Waals surface area contributed by atoms with Gasteiger partial charge in [-0.15, -0.1) is 0 Å². The van der Waals surface area contributed by atoms with Crippen LogP contribution < -0.4 is 0 Å². The molecular weight excluding hydrogens is 290 g/mol. The number of fused-ring (bicyclic) bond motifs is 1. The first kappa shape index (κ1) is 14.8. The second-order valence-corrected chi connectivity index (χ2v) is 6.34. The Kier molecular flexibility index (Phi) is 4.62. The average molecular weight is 305 g/mol. The van der Waals surface area contributed by atoms with Crippen LogP contribution in [0, 0.1) is 0 Å². The largest absolute Gasteiger partial charge is 0.480 e.